The number of nitrogens with two attached hydrogens (primary N) is 2. The number of hydrogen-bond acceptors (Lipinski definition) is 6. The average molecular weight is 373 g/mol. The molecule has 0 amide bonds. The molecule has 0 saturated carbocycles. The van der Waals surface area contributed by atoms with Crippen LogP contribution in [0, 0.1) is 6.92 Å². The third-order valence-electron chi connectivity index (χ3n) is 3.90. The molecule has 0 bridgehead atoms. The van der Waals surface area contributed by atoms with Crippen LogP contribution in [0.1, 0.15) is 19.4 Å². The maximum Gasteiger partial charge on any atom is 0.150 e. The predicted octanol–water partition coefficient (Wildman–Crippen LogP) is 4.24. The summed E-state index contributed by atoms with van der Waals surface area (Å²) < 4.78 is 10.9. The van der Waals surface area contributed by atoms with Crippen molar-refractivity contribution in [2.24, 2.45) is 11.5 Å². The van der Waals surface area contributed by atoms with Gasteiger partial charge in [0.1, 0.15) is 23.2 Å². The number of anilines is 2. The van der Waals surface area contributed by atoms with Crippen molar-refractivity contribution in [2.75, 3.05) is 10.6 Å². The van der Waals surface area contributed by atoms with Crippen LogP contribution in [0.4, 0.5) is 11.4 Å². The van der Waals surface area contributed by atoms with Crippen LogP contribution in [0.2, 0.25) is 5.02 Å². The Hall–Kier alpha value is -2.99. The summed E-state index contributed by atoms with van der Waals surface area (Å²) in [7, 11) is 0. The second kappa shape index (κ2) is 7.09. The van der Waals surface area contributed by atoms with Gasteiger partial charge in [0.25, 0.3) is 0 Å². The van der Waals surface area contributed by atoms with Crippen LogP contribution < -0.4 is 31.6 Å². The number of rotatable bonds is 0. The van der Waals surface area contributed by atoms with Gasteiger partial charge in [-0.05, 0) is 56.7 Å². The summed E-state index contributed by atoms with van der Waals surface area (Å²) >= 11 is 5.81. The molecule has 2 aromatic carbocycles. The van der Waals surface area contributed by atoms with Crippen molar-refractivity contribution < 1.29 is 9.47 Å². The van der Waals surface area contributed by atoms with Gasteiger partial charge in [-0.3, -0.25) is 0 Å². The zero-order valence-corrected chi connectivity index (χ0v) is 15.6. The van der Waals surface area contributed by atoms with Crippen LogP contribution in [0.3, 0.4) is 0 Å². The highest BCUT2D eigenvalue weighted by Gasteiger charge is 2.14. The molecular formula is C19H21ClN4O2. The van der Waals surface area contributed by atoms with Crippen molar-refractivity contribution in [3.63, 3.8) is 0 Å². The van der Waals surface area contributed by atoms with E-state index >= 15 is 0 Å². The van der Waals surface area contributed by atoms with E-state index in [1.54, 1.807) is 25.1 Å². The minimum atomic E-state index is 0.523. The van der Waals surface area contributed by atoms with Crippen LogP contribution in [-0.4, -0.2) is 0 Å². The van der Waals surface area contributed by atoms with E-state index in [9.17, 15) is 0 Å². The van der Waals surface area contributed by atoms with Crippen LogP contribution in [0.5, 0.6) is 11.5 Å². The average Bonchev–Trinajstić information content (AvgIpc) is 2.58. The molecule has 0 atom stereocenters. The first-order valence-electron chi connectivity index (χ1n) is 8.06. The molecule has 6 N–H and O–H groups in total. The Labute approximate surface area is 157 Å². The normalized spacial score (nSPS) is 14.6. The van der Waals surface area contributed by atoms with E-state index in [-0.39, 0.29) is 0 Å². The maximum atomic E-state index is 5.81. The highest BCUT2D eigenvalue weighted by atomic mass is 35.5. The number of allylic oxidation sites excluding steroid dienone is 2. The lowest BCUT2D eigenvalue weighted by molar-refractivity contribution is 0.415. The fourth-order valence-corrected chi connectivity index (χ4v) is 2.60. The van der Waals surface area contributed by atoms with Gasteiger partial charge in [0.2, 0.25) is 0 Å². The lowest BCUT2D eigenvalue weighted by Gasteiger charge is -2.20. The molecular weight excluding hydrogens is 352 g/mol. The van der Waals surface area contributed by atoms with Gasteiger partial charge in [-0.2, -0.15) is 0 Å². The van der Waals surface area contributed by atoms with E-state index in [0.29, 0.717) is 22.4 Å². The Balaban J connectivity index is 0.000000151. The molecule has 0 spiro atoms. The summed E-state index contributed by atoms with van der Waals surface area (Å²) in [6.45, 7) is 5.67. The minimum Gasteiger partial charge on any atom is -0.456 e. The highest BCUT2D eigenvalue weighted by molar-refractivity contribution is 6.31. The number of fused-ring (bicyclic) bond motifs is 2. The third-order valence-corrected chi connectivity index (χ3v) is 4.14. The molecule has 136 valence electrons. The van der Waals surface area contributed by atoms with Gasteiger partial charge in [0, 0.05) is 5.02 Å². The number of hydrogen-bond donors (Lipinski definition) is 4. The SMILES string of the molecule is CC1=C(N)Nc2cc(C)ccc2O1.CC1=C(N)Nc2cc(Cl)ccc2O1. The molecule has 6 nitrogen and oxygen atoms in total. The molecule has 4 rings (SSSR count). The molecule has 2 heterocycles. The molecule has 2 aliphatic rings. The van der Waals surface area contributed by atoms with E-state index in [1.165, 1.54) is 5.56 Å². The maximum absolute atomic E-state index is 5.81. The van der Waals surface area contributed by atoms with Crippen molar-refractivity contribution >= 4 is 23.0 Å². The Morgan fingerprint density at radius 3 is 1.85 bits per heavy atom. The molecule has 0 saturated heterocycles. The van der Waals surface area contributed by atoms with Gasteiger partial charge in [0.15, 0.2) is 11.5 Å². The number of halogens is 1. The zero-order chi connectivity index (χ0) is 18.8. The summed E-state index contributed by atoms with van der Waals surface area (Å²) in [6, 6.07) is 11.3. The number of ether oxygens (including phenoxy) is 2. The lowest BCUT2D eigenvalue weighted by Crippen LogP contribution is -2.18. The second-order valence-corrected chi connectivity index (χ2v) is 6.47. The van der Waals surface area contributed by atoms with Crippen LogP contribution >= 0.6 is 11.6 Å². The Morgan fingerprint density at radius 2 is 1.27 bits per heavy atom. The van der Waals surface area contributed by atoms with E-state index in [0.717, 1.165) is 28.6 Å². The number of nitrogens with one attached hydrogen (secondary N) is 2. The van der Waals surface area contributed by atoms with Crippen molar-refractivity contribution in [3.05, 3.63) is 70.1 Å². The summed E-state index contributed by atoms with van der Waals surface area (Å²) in [5, 5.41) is 6.74. The Bertz CT molecular complexity index is 846. The van der Waals surface area contributed by atoms with E-state index in [4.69, 9.17) is 32.5 Å². The summed E-state index contributed by atoms with van der Waals surface area (Å²) in [5.74, 6) is 4.08. The molecule has 7 heteroatoms. The smallest absolute Gasteiger partial charge is 0.150 e. The number of aryl methyl sites for hydroxylation is 1. The monoisotopic (exact) mass is 372 g/mol. The van der Waals surface area contributed by atoms with Gasteiger partial charge in [-0.15, -0.1) is 0 Å². The molecule has 2 aliphatic heterocycles. The van der Waals surface area contributed by atoms with Crippen molar-refractivity contribution in [2.45, 2.75) is 20.8 Å². The molecule has 0 radical (unpaired) electrons. The van der Waals surface area contributed by atoms with Gasteiger partial charge in [-0.25, -0.2) is 0 Å². The third kappa shape index (κ3) is 3.81. The summed E-state index contributed by atoms with van der Waals surface area (Å²) in [6.07, 6.45) is 0. The van der Waals surface area contributed by atoms with Gasteiger partial charge in [-0.1, -0.05) is 17.7 Å². The summed E-state index contributed by atoms with van der Waals surface area (Å²) in [4.78, 5) is 0. The van der Waals surface area contributed by atoms with Crippen molar-refractivity contribution in [1.82, 2.24) is 0 Å². The number of benzene rings is 2. The lowest BCUT2D eigenvalue weighted by atomic mass is 10.2. The van der Waals surface area contributed by atoms with Crippen molar-refractivity contribution in [1.29, 1.82) is 0 Å². The summed E-state index contributed by atoms with van der Waals surface area (Å²) in [5.41, 5.74) is 14.2. The fourth-order valence-electron chi connectivity index (χ4n) is 2.43. The first-order chi connectivity index (χ1) is 12.3. The largest absolute Gasteiger partial charge is 0.456 e. The van der Waals surface area contributed by atoms with Gasteiger partial charge in [0.05, 0.1) is 11.4 Å². The molecule has 0 aliphatic carbocycles. The quantitative estimate of drug-likeness (QED) is 0.552. The first-order valence-corrected chi connectivity index (χ1v) is 8.44. The van der Waals surface area contributed by atoms with Crippen LogP contribution in [0.15, 0.2) is 59.6 Å². The predicted molar refractivity (Wildman–Crippen MR) is 105 cm³/mol. The van der Waals surface area contributed by atoms with Crippen LogP contribution in [0.25, 0.3) is 0 Å². The van der Waals surface area contributed by atoms with Gasteiger partial charge < -0.3 is 31.6 Å². The zero-order valence-electron chi connectivity index (χ0n) is 14.8. The molecule has 0 unspecified atom stereocenters. The topological polar surface area (TPSA) is 94.6 Å². The standard InChI is InChI=1S/C10H12N2O.C9H9ClN2O/c1-6-3-4-9-8(5-6)12-10(11)7(2)13-9;1-5-9(11)12-7-4-6(10)2-3-8(7)13-5/h3-5,12H,11H2,1-2H3;2-4,12H,11H2,1H3. The molecule has 2 aromatic rings. The minimum absolute atomic E-state index is 0.523. The fraction of sp³-hybridized carbons (Fsp3) is 0.158. The van der Waals surface area contributed by atoms with Crippen LogP contribution in [-0.2, 0) is 0 Å². The Kier molecular flexibility index (Phi) is 4.86. The van der Waals surface area contributed by atoms with Gasteiger partial charge >= 0.3 is 0 Å². The van der Waals surface area contributed by atoms with E-state index < -0.39 is 0 Å². The molecule has 0 fully saturated rings. The van der Waals surface area contributed by atoms with E-state index in [2.05, 4.69) is 10.6 Å². The molecule has 0 aromatic heterocycles. The van der Waals surface area contributed by atoms with Crippen molar-refractivity contribution in [3.8, 4) is 11.5 Å². The van der Waals surface area contributed by atoms with E-state index in [1.807, 2.05) is 32.0 Å². The first kappa shape index (κ1) is 17.8. The highest BCUT2D eigenvalue weighted by Crippen LogP contribution is 2.33. The second-order valence-electron chi connectivity index (χ2n) is 6.03. The Morgan fingerprint density at radius 1 is 0.769 bits per heavy atom. The molecule has 26 heavy (non-hydrogen) atoms.